The molecule has 2 rings (SSSR count). The third-order valence-corrected chi connectivity index (χ3v) is 2.05. The molecule has 0 unspecified atom stereocenters. The SMILES string of the molecule is O=C1CCN(C(=O)c2ccco2)C1. The second-order valence-corrected chi connectivity index (χ2v) is 2.99. The van der Waals surface area contributed by atoms with Gasteiger partial charge in [0.1, 0.15) is 0 Å². The van der Waals surface area contributed by atoms with Gasteiger partial charge in [0.2, 0.25) is 0 Å². The van der Waals surface area contributed by atoms with Crippen molar-refractivity contribution >= 4 is 11.7 Å². The minimum absolute atomic E-state index is 0.111. The molecule has 0 aliphatic carbocycles. The molecule has 4 heteroatoms. The number of carbonyl (C=O) groups is 2. The van der Waals surface area contributed by atoms with Gasteiger partial charge in [0.15, 0.2) is 11.5 Å². The van der Waals surface area contributed by atoms with Gasteiger partial charge in [-0.1, -0.05) is 0 Å². The zero-order valence-corrected chi connectivity index (χ0v) is 7.03. The first-order valence-electron chi connectivity index (χ1n) is 4.12. The van der Waals surface area contributed by atoms with Crippen molar-refractivity contribution in [2.75, 3.05) is 13.1 Å². The van der Waals surface area contributed by atoms with Crippen molar-refractivity contribution in [3.05, 3.63) is 24.2 Å². The van der Waals surface area contributed by atoms with Crippen LogP contribution in [0.3, 0.4) is 0 Å². The van der Waals surface area contributed by atoms with Crippen molar-refractivity contribution in [2.24, 2.45) is 0 Å². The van der Waals surface area contributed by atoms with E-state index in [0.717, 1.165) is 0 Å². The highest BCUT2D eigenvalue weighted by Crippen LogP contribution is 2.10. The molecule has 0 N–H and O–H groups in total. The normalized spacial score (nSPS) is 16.6. The zero-order chi connectivity index (χ0) is 9.26. The molecular formula is C9H9NO3. The lowest BCUT2D eigenvalue weighted by Crippen LogP contribution is -2.28. The molecule has 0 bridgehead atoms. The van der Waals surface area contributed by atoms with E-state index in [0.29, 0.717) is 18.7 Å². The number of ketones is 1. The van der Waals surface area contributed by atoms with Crippen LogP contribution in [0, 0.1) is 0 Å². The Kier molecular flexibility index (Phi) is 1.88. The second-order valence-electron chi connectivity index (χ2n) is 2.99. The van der Waals surface area contributed by atoms with Crippen LogP contribution in [0.2, 0.25) is 0 Å². The molecule has 1 aliphatic rings. The Hall–Kier alpha value is -1.58. The summed E-state index contributed by atoms with van der Waals surface area (Å²) in [6.45, 7) is 0.734. The van der Waals surface area contributed by atoms with Crippen LogP contribution in [0.25, 0.3) is 0 Å². The van der Waals surface area contributed by atoms with Gasteiger partial charge < -0.3 is 9.32 Å². The molecule has 1 fully saturated rings. The molecule has 13 heavy (non-hydrogen) atoms. The summed E-state index contributed by atoms with van der Waals surface area (Å²) in [6.07, 6.45) is 1.91. The fourth-order valence-corrected chi connectivity index (χ4v) is 1.36. The summed E-state index contributed by atoms with van der Waals surface area (Å²) in [6, 6.07) is 3.26. The monoisotopic (exact) mass is 179 g/mol. The predicted octanol–water partition coefficient (Wildman–Crippen LogP) is 0.695. The summed E-state index contributed by atoms with van der Waals surface area (Å²) < 4.78 is 4.94. The maximum atomic E-state index is 11.5. The van der Waals surface area contributed by atoms with Crippen molar-refractivity contribution in [3.8, 4) is 0 Å². The molecule has 1 saturated heterocycles. The molecular weight excluding hydrogens is 170 g/mol. The smallest absolute Gasteiger partial charge is 0.289 e. The van der Waals surface area contributed by atoms with Crippen molar-refractivity contribution in [1.82, 2.24) is 4.90 Å². The molecule has 0 spiro atoms. The number of Topliss-reactive ketones (excluding diaryl/α,β-unsaturated/α-hetero) is 1. The Morgan fingerprint density at radius 2 is 2.38 bits per heavy atom. The van der Waals surface area contributed by atoms with Gasteiger partial charge in [0.05, 0.1) is 12.8 Å². The van der Waals surface area contributed by atoms with Gasteiger partial charge in [-0.25, -0.2) is 0 Å². The van der Waals surface area contributed by atoms with Gasteiger partial charge in [-0.05, 0) is 12.1 Å². The molecule has 1 aromatic rings. The number of rotatable bonds is 1. The topological polar surface area (TPSA) is 50.5 Å². The highest BCUT2D eigenvalue weighted by atomic mass is 16.3. The number of hydrogen-bond donors (Lipinski definition) is 0. The van der Waals surface area contributed by atoms with Crippen LogP contribution in [0.4, 0.5) is 0 Å². The number of carbonyl (C=O) groups excluding carboxylic acids is 2. The Labute approximate surface area is 75.1 Å². The molecule has 0 radical (unpaired) electrons. The van der Waals surface area contributed by atoms with E-state index in [4.69, 9.17) is 4.42 Å². The molecule has 0 atom stereocenters. The van der Waals surface area contributed by atoms with Crippen LogP contribution in [0.1, 0.15) is 17.0 Å². The number of furan rings is 1. The van der Waals surface area contributed by atoms with Crippen molar-refractivity contribution < 1.29 is 14.0 Å². The van der Waals surface area contributed by atoms with E-state index in [-0.39, 0.29) is 18.2 Å². The molecule has 1 amide bonds. The number of amides is 1. The van der Waals surface area contributed by atoms with Crippen molar-refractivity contribution in [2.45, 2.75) is 6.42 Å². The fourth-order valence-electron chi connectivity index (χ4n) is 1.36. The summed E-state index contributed by atoms with van der Waals surface area (Å²) in [4.78, 5) is 23.9. The highest BCUT2D eigenvalue weighted by Gasteiger charge is 2.25. The maximum Gasteiger partial charge on any atom is 0.289 e. The molecule has 4 nitrogen and oxygen atoms in total. The molecule has 0 aromatic carbocycles. The van der Waals surface area contributed by atoms with Crippen molar-refractivity contribution in [1.29, 1.82) is 0 Å². The fraction of sp³-hybridized carbons (Fsp3) is 0.333. The Bertz CT molecular complexity index is 329. The van der Waals surface area contributed by atoms with E-state index in [1.165, 1.54) is 11.2 Å². The molecule has 68 valence electrons. The van der Waals surface area contributed by atoms with E-state index in [2.05, 4.69) is 0 Å². The first-order chi connectivity index (χ1) is 6.27. The summed E-state index contributed by atoms with van der Waals surface area (Å²) in [5, 5.41) is 0. The zero-order valence-electron chi connectivity index (χ0n) is 7.03. The Morgan fingerprint density at radius 1 is 1.54 bits per heavy atom. The van der Waals surface area contributed by atoms with Crippen LogP contribution >= 0.6 is 0 Å². The van der Waals surface area contributed by atoms with Gasteiger partial charge in [-0.3, -0.25) is 9.59 Å². The quantitative estimate of drug-likeness (QED) is 0.637. The summed E-state index contributed by atoms with van der Waals surface area (Å²) in [7, 11) is 0. The second kappa shape index (κ2) is 3.05. The predicted molar refractivity (Wildman–Crippen MR) is 44.2 cm³/mol. The molecule has 1 aliphatic heterocycles. The Balaban J connectivity index is 2.10. The Morgan fingerprint density at radius 3 is 2.92 bits per heavy atom. The lowest BCUT2D eigenvalue weighted by Gasteiger charge is -2.11. The number of nitrogens with zero attached hydrogens (tertiary/aromatic N) is 1. The minimum atomic E-state index is -0.198. The van der Waals surface area contributed by atoms with E-state index >= 15 is 0 Å². The third-order valence-electron chi connectivity index (χ3n) is 2.05. The maximum absolute atomic E-state index is 11.5. The lowest BCUT2D eigenvalue weighted by molar-refractivity contribution is -0.116. The lowest BCUT2D eigenvalue weighted by atomic mass is 10.4. The first-order valence-corrected chi connectivity index (χ1v) is 4.12. The van der Waals surface area contributed by atoms with Gasteiger partial charge in [0.25, 0.3) is 5.91 Å². The van der Waals surface area contributed by atoms with Crippen LogP contribution in [0.15, 0.2) is 22.8 Å². The summed E-state index contributed by atoms with van der Waals surface area (Å²) >= 11 is 0. The van der Waals surface area contributed by atoms with Crippen molar-refractivity contribution in [3.63, 3.8) is 0 Å². The molecule has 1 aromatic heterocycles. The van der Waals surface area contributed by atoms with E-state index in [1.54, 1.807) is 12.1 Å². The average molecular weight is 179 g/mol. The summed E-state index contributed by atoms with van der Waals surface area (Å²) in [5.74, 6) is 0.213. The molecule has 2 heterocycles. The van der Waals surface area contributed by atoms with Gasteiger partial charge >= 0.3 is 0 Å². The van der Waals surface area contributed by atoms with Crippen LogP contribution in [0.5, 0.6) is 0 Å². The number of hydrogen-bond acceptors (Lipinski definition) is 3. The van der Waals surface area contributed by atoms with Crippen LogP contribution < -0.4 is 0 Å². The minimum Gasteiger partial charge on any atom is -0.459 e. The van der Waals surface area contributed by atoms with Crippen LogP contribution in [-0.4, -0.2) is 29.7 Å². The highest BCUT2D eigenvalue weighted by molar-refractivity contribution is 5.96. The van der Waals surface area contributed by atoms with Gasteiger partial charge in [0, 0.05) is 13.0 Å². The van der Waals surface area contributed by atoms with Gasteiger partial charge in [-0.2, -0.15) is 0 Å². The molecule has 0 saturated carbocycles. The third kappa shape index (κ3) is 1.47. The van der Waals surface area contributed by atoms with Crippen LogP contribution in [-0.2, 0) is 4.79 Å². The average Bonchev–Trinajstić information content (AvgIpc) is 2.72. The summed E-state index contributed by atoms with van der Waals surface area (Å²) in [5.41, 5.74) is 0. The van der Waals surface area contributed by atoms with E-state index in [1.807, 2.05) is 0 Å². The van der Waals surface area contributed by atoms with Gasteiger partial charge in [-0.15, -0.1) is 0 Å². The first kappa shape index (κ1) is 8.04. The van der Waals surface area contributed by atoms with E-state index < -0.39 is 0 Å². The standard InChI is InChI=1S/C9H9NO3/c11-7-3-4-10(6-7)9(12)8-2-1-5-13-8/h1-2,5H,3-4,6H2. The number of likely N-dealkylation sites (tertiary alicyclic amines) is 1. The largest absolute Gasteiger partial charge is 0.459 e. The van der Waals surface area contributed by atoms with E-state index in [9.17, 15) is 9.59 Å².